The number of rotatable bonds is 6. The van der Waals surface area contributed by atoms with E-state index < -0.39 is 0 Å². The zero-order chi connectivity index (χ0) is 20.4. The summed E-state index contributed by atoms with van der Waals surface area (Å²) in [5.41, 5.74) is 2.99. The Kier molecular flexibility index (Phi) is 5.80. The van der Waals surface area contributed by atoms with E-state index in [2.05, 4.69) is 42.4 Å². The molecule has 156 valence electrons. The van der Waals surface area contributed by atoms with E-state index in [0.717, 1.165) is 48.8 Å². The Bertz CT molecular complexity index is 872. The molecule has 2 aliphatic rings. The lowest BCUT2D eigenvalue weighted by molar-refractivity contribution is 0.0952. The highest BCUT2D eigenvalue weighted by molar-refractivity contribution is 5.90. The Morgan fingerprint density at radius 3 is 2.76 bits per heavy atom. The monoisotopic (exact) mass is 397 g/mol. The van der Waals surface area contributed by atoms with Crippen molar-refractivity contribution < 1.29 is 4.79 Å². The molecule has 1 saturated heterocycles. The van der Waals surface area contributed by atoms with Gasteiger partial charge in [0.1, 0.15) is 5.82 Å². The highest BCUT2D eigenvalue weighted by atomic mass is 16.2. The zero-order valence-corrected chi connectivity index (χ0v) is 17.6. The number of aromatic nitrogens is 4. The van der Waals surface area contributed by atoms with Gasteiger partial charge in [0.05, 0.1) is 11.7 Å². The number of nitrogens with one attached hydrogen (secondary N) is 2. The summed E-state index contributed by atoms with van der Waals surface area (Å²) < 4.78 is 2.15. The highest BCUT2D eigenvalue weighted by Gasteiger charge is 2.26. The van der Waals surface area contributed by atoms with Gasteiger partial charge in [-0.2, -0.15) is 5.10 Å². The normalized spacial score (nSPS) is 19.8. The third-order valence-electron chi connectivity index (χ3n) is 6.22. The molecule has 1 aliphatic heterocycles. The summed E-state index contributed by atoms with van der Waals surface area (Å²) in [6, 6.07) is 3.10. The zero-order valence-electron chi connectivity index (χ0n) is 17.6. The first-order valence-corrected chi connectivity index (χ1v) is 10.6. The molecule has 4 rings (SSSR count). The van der Waals surface area contributed by atoms with Crippen molar-refractivity contribution in [3.8, 4) is 0 Å². The molecular formula is C21H31N7O. The predicted octanol–water partition coefficient (Wildman–Crippen LogP) is 2.13. The van der Waals surface area contributed by atoms with E-state index >= 15 is 0 Å². The van der Waals surface area contributed by atoms with Crippen molar-refractivity contribution in [3.05, 3.63) is 35.0 Å². The van der Waals surface area contributed by atoms with Crippen molar-refractivity contribution in [1.29, 1.82) is 0 Å². The van der Waals surface area contributed by atoms with Crippen LogP contribution in [0.3, 0.4) is 0 Å². The quantitative estimate of drug-likeness (QED) is 0.776. The number of anilines is 1. The molecule has 2 aromatic heterocycles. The second kappa shape index (κ2) is 8.49. The molecule has 0 aromatic carbocycles. The SMILES string of the molecule is CNC(=O)c1nc(C)c(C)c(N2CC[C@@H](NCc3ccn(C4CCCC4)n3)C2)n1. The van der Waals surface area contributed by atoms with Crippen molar-refractivity contribution in [3.63, 3.8) is 0 Å². The van der Waals surface area contributed by atoms with Gasteiger partial charge in [-0.05, 0) is 39.2 Å². The Balaban J connectivity index is 1.37. The Morgan fingerprint density at radius 2 is 2.00 bits per heavy atom. The summed E-state index contributed by atoms with van der Waals surface area (Å²) in [5, 5.41) is 11.0. The van der Waals surface area contributed by atoms with Crippen LogP contribution in [-0.4, -0.2) is 51.8 Å². The molecule has 2 N–H and O–H groups in total. The van der Waals surface area contributed by atoms with Gasteiger partial charge in [0.15, 0.2) is 0 Å². The van der Waals surface area contributed by atoms with E-state index in [1.54, 1.807) is 7.05 Å². The fourth-order valence-electron chi connectivity index (χ4n) is 4.35. The molecule has 2 aromatic rings. The van der Waals surface area contributed by atoms with Crippen LogP contribution in [0, 0.1) is 13.8 Å². The molecule has 0 radical (unpaired) electrons. The molecule has 1 atom stereocenters. The second-order valence-electron chi connectivity index (χ2n) is 8.20. The van der Waals surface area contributed by atoms with Gasteiger partial charge in [-0.15, -0.1) is 0 Å². The average Bonchev–Trinajstić information content (AvgIpc) is 3.48. The molecule has 0 spiro atoms. The van der Waals surface area contributed by atoms with Crippen LogP contribution in [0.25, 0.3) is 0 Å². The van der Waals surface area contributed by atoms with E-state index in [-0.39, 0.29) is 11.7 Å². The predicted molar refractivity (Wildman–Crippen MR) is 112 cm³/mol. The largest absolute Gasteiger partial charge is 0.355 e. The number of hydrogen-bond acceptors (Lipinski definition) is 6. The fourth-order valence-corrected chi connectivity index (χ4v) is 4.35. The molecule has 3 heterocycles. The minimum Gasteiger partial charge on any atom is -0.355 e. The Labute approximate surface area is 172 Å². The summed E-state index contributed by atoms with van der Waals surface area (Å²) >= 11 is 0. The van der Waals surface area contributed by atoms with Crippen LogP contribution in [0.1, 0.15) is 65.7 Å². The summed E-state index contributed by atoms with van der Waals surface area (Å²) in [5.74, 6) is 0.853. The van der Waals surface area contributed by atoms with Gasteiger partial charge < -0.3 is 15.5 Å². The summed E-state index contributed by atoms with van der Waals surface area (Å²) in [4.78, 5) is 23.1. The molecule has 8 nitrogen and oxygen atoms in total. The van der Waals surface area contributed by atoms with Gasteiger partial charge in [-0.3, -0.25) is 9.48 Å². The van der Waals surface area contributed by atoms with Crippen LogP contribution in [0.2, 0.25) is 0 Å². The van der Waals surface area contributed by atoms with E-state index in [9.17, 15) is 4.79 Å². The summed E-state index contributed by atoms with van der Waals surface area (Å²) in [6.07, 6.45) is 8.31. The van der Waals surface area contributed by atoms with Gasteiger partial charge in [0, 0.05) is 50.2 Å². The Hall–Kier alpha value is -2.48. The summed E-state index contributed by atoms with van der Waals surface area (Å²) in [7, 11) is 1.60. The lowest BCUT2D eigenvalue weighted by Crippen LogP contribution is -2.33. The molecule has 0 bridgehead atoms. The number of hydrogen-bond donors (Lipinski definition) is 2. The molecule has 2 fully saturated rings. The van der Waals surface area contributed by atoms with Crippen LogP contribution in [0.5, 0.6) is 0 Å². The van der Waals surface area contributed by atoms with Crippen molar-refractivity contribution in [1.82, 2.24) is 30.4 Å². The number of carbonyl (C=O) groups is 1. The Morgan fingerprint density at radius 1 is 1.21 bits per heavy atom. The minimum atomic E-state index is -0.249. The number of nitrogens with zero attached hydrogens (tertiary/aromatic N) is 5. The number of amides is 1. The smallest absolute Gasteiger partial charge is 0.288 e. The van der Waals surface area contributed by atoms with Crippen molar-refractivity contribution in [2.45, 2.75) is 64.6 Å². The molecular weight excluding hydrogens is 366 g/mol. The lowest BCUT2D eigenvalue weighted by Gasteiger charge is -2.21. The van der Waals surface area contributed by atoms with Crippen molar-refractivity contribution in [2.75, 3.05) is 25.0 Å². The van der Waals surface area contributed by atoms with E-state index in [1.165, 1.54) is 25.7 Å². The van der Waals surface area contributed by atoms with Gasteiger partial charge in [0.2, 0.25) is 5.82 Å². The number of aryl methyl sites for hydroxylation is 1. The van der Waals surface area contributed by atoms with Crippen LogP contribution in [-0.2, 0) is 6.54 Å². The van der Waals surface area contributed by atoms with E-state index in [4.69, 9.17) is 5.10 Å². The van der Waals surface area contributed by atoms with Gasteiger partial charge in [-0.25, -0.2) is 9.97 Å². The fraction of sp³-hybridized carbons (Fsp3) is 0.619. The summed E-state index contributed by atoms with van der Waals surface area (Å²) in [6.45, 7) is 6.52. The van der Waals surface area contributed by atoms with Crippen molar-refractivity contribution in [2.24, 2.45) is 0 Å². The maximum Gasteiger partial charge on any atom is 0.288 e. The first-order valence-electron chi connectivity index (χ1n) is 10.6. The van der Waals surface area contributed by atoms with Crippen LogP contribution in [0.4, 0.5) is 5.82 Å². The average molecular weight is 398 g/mol. The maximum absolute atomic E-state index is 12.0. The maximum atomic E-state index is 12.0. The first kappa shape index (κ1) is 19.8. The molecule has 29 heavy (non-hydrogen) atoms. The highest BCUT2D eigenvalue weighted by Crippen LogP contribution is 2.29. The topological polar surface area (TPSA) is 88.0 Å². The number of carbonyl (C=O) groups excluding carboxylic acids is 1. The molecule has 1 saturated carbocycles. The van der Waals surface area contributed by atoms with Gasteiger partial charge >= 0.3 is 0 Å². The third-order valence-corrected chi connectivity index (χ3v) is 6.22. The van der Waals surface area contributed by atoms with Crippen LogP contribution < -0.4 is 15.5 Å². The second-order valence-corrected chi connectivity index (χ2v) is 8.20. The van der Waals surface area contributed by atoms with Gasteiger partial charge in [-0.1, -0.05) is 12.8 Å². The standard InChI is InChI=1S/C21H31N7O/c1-14-15(2)24-19(21(29)22-3)25-20(14)27-10-8-17(13-27)23-12-16-9-11-28(26-16)18-6-4-5-7-18/h9,11,17-18,23H,4-8,10,12-13H2,1-3H3,(H,22,29)/t17-/m1/s1. The molecule has 0 unspecified atom stereocenters. The van der Waals surface area contributed by atoms with Crippen LogP contribution >= 0.6 is 0 Å². The third kappa shape index (κ3) is 4.27. The van der Waals surface area contributed by atoms with E-state index in [1.807, 2.05) is 13.8 Å². The van der Waals surface area contributed by atoms with Crippen LogP contribution in [0.15, 0.2) is 12.3 Å². The molecule has 8 heteroatoms. The van der Waals surface area contributed by atoms with Crippen molar-refractivity contribution >= 4 is 11.7 Å². The minimum absolute atomic E-state index is 0.236. The molecule has 1 aliphatic carbocycles. The first-order chi connectivity index (χ1) is 14.0. The van der Waals surface area contributed by atoms with Gasteiger partial charge in [0.25, 0.3) is 5.91 Å². The van der Waals surface area contributed by atoms with E-state index in [0.29, 0.717) is 12.1 Å². The lowest BCUT2D eigenvalue weighted by atomic mass is 10.2. The molecule has 1 amide bonds.